The molecule has 5 heteroatoms. The van der Waals surface area contributed by atoms with E-state index in [0.717, 1.165) is 31.1 Å². The van der Waals surface area contributed by atoms with E-state index in [4.69, 9.17) is 9.47 Å². The lowest BCUT2D eigenvalue weighted by molar-refractivity contribution is 0.0958. The molecule has 0 spiro atoms. The van der Waals surface area contributed by atoms with Gasteiger partial charge in [0, 0.05) is 38.4 Å². The van der Waals surface area contributed by atoms with Crippen LogP contribution in [0.2, 0.25) is 0 Å². The Labute approximate surface area is 142 Å². The van der Waals surface area contributed by atoms with Crippen molar-refractivity contribution in [3.8, 4) is 5.75 Å². The van der Waals surface area contributed by atoms with Crippen LogP contribution in [0.25, 0.3) is 0 Å². The fraction of sp³-hybridized carbons (Fsp3) is 0.421. The minimum Gasteiger partial charge on any atom is -0.487 e. The third kappa shape index (κ3) is 5.03. The lowest BCUT2D eigenvalue weighted by Gasteiger charge is -2.22. The number of ether oxygens (including phenoxy) is 2. The Morgan fingerprint density at radius 3 is 3.04 bits per heavy atom. The molecule has 3 rings (SSSR count). The van der Waals surface area contributed by atoms with Crippen LogP contribution < -0.4 is 4.74 Å². The third-order valence-corrected chi connectivity index (χ3v) is 4.10. The first-order valence-electron chi connectivity index (χ1n) is 8.36. The molecule has 1 aromatic carbocycles. The summed E-state index contributed by atoms with van der Waals surface area (Å²) in [6.07, 6.45) is 1.77. The Kier molecular flexibility index (Phi) is 6.18. The lowest BCUT2D eigenvalue weighted by Crippen LogP contribution is -2.31. The van der Waals surface area contributed by atoms with Crippen molar-refractivity contribution in [2.75, 3.05) is 32.9 Å². The highest BCUT2D eigenvalue weighted by atomic mass is 16.5. The van der Waals surface area contributed by atoms with Gasteiger partial charge in [0.15, 0.2) is 0 Å². The second kappa shape index (κ2) is 8.78. The molecule has 1 aromatic heterocycles. The van der Waals surface area contributed by atoms with Gasteiger partial charge in [0.25, 0.3) is 0 Å². The number of rotatable bonds is 6. The summed E-state index contributed by atoms with van der Waals surface area (Å²) in [4.78, 5) is 6.59. The van der Waals surface area contributed by atoms with Gasteiger partial charge in [-0.15, -0.1) is 0 Å². The van der Waals surface area contributed by atoms with Gasteiger partial charge in [0.05, 0.1) is 18.9 Å². The fourth-order valence-corrected chi connectivity index (χ4v) is 2.84. The molecular weight excluding hydrogens is 304 g/mol. The zero-order chi connectivity index (χ0) is 16.6. The van der Waals surface area contributed by atoms with Crippen LogP contribution in [0.15, 0.2) is 48.7 Å². The number of aliphatic hydroxyl groups is 1. The summed E-state index contributed by atoms with van der Waals surface area (Å²) >= 11 is 0. The summed E-state index contributed by atoms with van der Waals surface area (Å²) in [6, 6.07) is 14.0. The maximum Gasteiger partial charge on any atom is 0.130 e. The summed E-state index contributed by atoms with van der Waals surface area (Å²) in [5.41, 5.74) is 2.12. The number of hydrogen-bond donors (Lipinski definition) is 1. The molecule has 1 N–H and O–H groups in total. The van der Waals surface area contributed by atoms with E-state index in [0.29, 0.717) is 19.8 Å². The molecule has 1 aliphatic rings. The number of pyridine rings is 1. The number of nitrogens with zero attached hydrogens (tertiary/aromatic N) is 2. The van der Waals surface area contributed by atoms with Crippen molar-refractivity contribution in [2.24, 2.45) is 5.92 Å². The maximum atomic E-state index is 9.39. The predicted octanol–water partition coefficient (Wildman–Crippen LogP) is 2.10. The van der Waals surface area contributed by atoms with Gasteiger partial charge in [0.1, 0.15) is 12.4 Å². The molecule has 2 aromatic rings. The molecule has 0 aliphatic carbocycles. The first-order chi connectivity index (χ1) is 11.8. The van der Waals surface area contributed by atoms with E-state index >= 15 is 0 Å². The van der Waals surface area contributed by atoms with Gasteiger partial charge >= 0.3 is 0 Å². The third-order valence-electron chi connectivity index (χ3n) is 4.10. The molecule has 1 unspecified atom stereocenters. The molecule has 0 radical (unpaired) electrons. The topological polar surface area (TPSA) is 54.8 Å². The van der Waals surface area contributed by atoms with Gasteiger partial charge in [0.2, 0.25) is 0 Å². The molecule has 1 saturated heterocycles. The highest BCUT2D eigenvalue weighted by Gasteiger charge is 2.18. The normalized spacial score (nSPS) is 19.0. The van der Waals surface area contributed by atoms with Crippen LogP contribution in [-0.2, 0) is 17.9 Å². The Bertz CT molecular complexity index is 621. The summed E-state index contributed by atoms with van der Waals surface area (Å²) in [7, 11) is 0. The van der Waals surface area contributed by atoms with Crippen molar-refractivity contribution in [3.05, 3.63) is 59.9 Å². The first kappa shape index (κ1) is 16.9. The second-order valence-corrected chi connectivity index (χ2v) is 6.12. The van der Waals surface area contributed by atoms with Crippen LogP contribution in [0.3, 0.4) is 0 Å². The Hall–Kier alpha value is -1.95. The number of aromatic nitrogens is 1. The Balaban J connectivity index is 1.58. The zero-order valence-electron chi connectivity index (χ0n) is 13.8. The van der Waals surface area contributed by atoms with E-state index in [-0.39, 0.29) is 12.5 Å². The molecule has 1 aliphatic heterocycles. The van der Waals surface area contributed by atoms with Crippen LogP contribution in [0.4, 0.5) is 0 Å². The smallest absolute Gasteiger partial charge is 0.130 e. The quantitative estimate of drug-likeness (QED) is 0.880. The van der Waals surface area contributed by atoms with Gasteiger partial charge in [-0.3, -0.25) is 9.88 Å². The van der Waals surface area contributed by atoms with Crippen molar-refractivity contribution >= 4 is 0 Å². The molecule has 5 nitrogen and oxygen atoms in total. The van der Waals surface area contributed by atoms with E-state index in [9.17, 15) is 5.11 Å². The van der Waals surface area contributed by atoms with Crippen molar-refractivity contribution < 1.29 is 14.6 Å². The Morgan fingerprint density at radius 1 is 1.25 bits per heavy atom. The molecular formula is C19H24N2O3. The van der Waals surface area contributed by atoms with Crippen LogP contribution in [0, 0.1) is 5.92 Å². The number of benzene rings is 1. The van der Waals surface area contributed by atoms with Crippen molar-refractivity contribution in [2.45, 2.75) is 13.2 Å². The van der Waals surface area contributed by atoms with Crippen LogP contribution in [-0.4, -0.2) is 47.9 Å². The molecule has 24 heavy (non-hydrogen) atoms. The van der Waals surface area contributed by atoms with Crippen LogP contribution in [0.1, 0.15) is 11.3 Å². The summed E-state index contributed by atoms with van der Waals surface area (Å²) in [6.45, 7) is 4.57. The van der Waals surface area contributed by atoms with Gasteiger partial charge in [-0.25, -0.2) is 0 Å². The Morgan fingerprint density at radius 2 is 2.21 bits per heavy atom. The van der Waals surface area contributed by atoms with Gasteiger partial charge < -0.3 is 14.6 Å². The fourth-order valence-electron chi connectivity index (χ4n) is 2.84. The van der Waals surface area contributed by atoms with E-state index in [1.165, 1.54) is 5.56 Å². The van der Waals surface area contributed by atoms with Gasteiger partial charge in [-0.05, 0) is 29.8 Å². The van der Waals surface area contributed by atoms with E-state index in [2.05, 4.69) is 22.0 Å². The molecule has 0 amide bonds. The second-order valence-electron chi connectivity index (χ2n) is 6.12. The zero-order valence-corrected chi connectivity index (χ0v) is 13.8. The maximum absolute atomic E-state index is 9.39. The summed E-state index contributed by atoms with van der Waals surface area (Å²) in [5.74, 6) is 1.04. The van der Waals surface area contributed by atoms with E-state index < -0.39 is 0 Å². The average Bonchev–Trinajstić information content (AvgIpc) is 2.86. The predicted molar refractivity (Wildman–Crippen MR) is 91.7 cm³/mol. The lowest BCUT2D eigenvalue weighted by atomic mass is 10.1. The molecule has 128 valence electrons. The highest BCUT2D eigenvalue weighted by Crippen LogP contribution is 2.17. The molecule has 1 atom stereocenters. The van der Waals surface area contributed by atoms with Crippen LogP contribution >= 0.6 is 0 Å². The average molecular weight is 328 g/mol. The van der Waals surface area contributed by atoms with Crippen molar-refractivity contribution in [1.82, 2.24) is 9.88 Å². The molecule has 2 heterocycles. The minimum atomic E-state index is 0.170. The van der Waals surface area contributed by atoms with Gasteiger partial charge in [-0.2, -0.15) is 0 Å². The van der Waals surface area contributed by atoms with Gasteiger partial charge in [-0.1, -0.05) is 18.2 Å². The van der Waals surface area contributed by atoms with Crippen LogP contribution in [0.5, 0.6) is 5.75 Å². The minimum absolute atomic E-state index is 0.170. The van der Waals surface area contributed by atoms with E-state index in [1.54, 1.807) is 6.20 Å². The first-order valence-corrected chi connectivity index (χ1v) is 8.36. The molecule has 0 saturated carbocycles. The largest absolute Gasteiger partial charge is 0.487 e. The molecule has 1 fully saturated rings. The summed E-state index contributed by atoms with van der Waals surface area (Å²) in [5, 5.41) is 9.39. The molecule has 0 bridgehead atoms. The van der Waals surface area contributed by atoms with E-state index in [1.807, 2.05) is 30.3 Å². The number of aliphatic hydroxyl groups excluding tert-OH is 1. The standard InChI is InChI=1S/C19H24N2O3/c22-13-17-12-21(8-9-23-14-17)11-16-4-3-6-19(10-16)24-15-18-5-1-2-7-20-18/h1-7,10,17,22H,8-9,11-15H2. The van der Waals surface area contributed by atoms with Crippen molar-refractivity contribution in [1.29, 1.82) is 0 Å². The monoisotopic (exact) mass is 328 g/mol. The summed E-state index contributed by atoms with van der Waals surface area (Å²) < 4.78 is 11.4. The van der Waals surface area contributed by atoms with Crippen molar-refractivity contribution in [3.63, 3.8) is 0 Å². The highest BCUT2D eigenvalue weighted by molar-refractivity contribution is 5.28. The number of hydrogen-bond acceptors (Lipinski definition) is 5. The SMILES string of the molecule is OCC1COCCN(Cc2cccc(OCc3ccccn3)c2)C1.